The van der Waals surface area contributed by atoms with Crippen LogP contribution in [0.15, 0.2) is 40.2 Å². The Kier molecular flexibility index (Phi) is 4.12. The van der Waals surface area contributed by atoms with Gasteiger partial charge >= 0.3 is 0 Å². The molecule has 0 saturated carbocycles. The lowest BCUT2D eigenvalue weighted by molar-refractivity contribution is 0.0793. The average Bonchev–Trinajstić information content (AvgIpc) is 3.19. The first-order chi connectivity index (χ1) is 10.6. The number of likely N-dealkylation sites (tertiary alicyclic amines) is 1. The van der Waals surface area contributed by atoms with Gasteiger partial charge in [-0.25, -0.2) is 8.42 Å². The minimum atomic E-state index is -3.69. The van der Waals surface area contributed by atoms with Crippen molar-refractivity contribution in [2.24, 2.45) is 0 Å². The maximum absolute atomic E-state index is 12.3. The third-order valence-electron chi connectivity index (χ3n) is 3.39. The fraction of sp³-hybridized carbons (Fsp3) is 0.286. The molecule has 2 aromatic heterocycles. The predicted molar refractivity (Wildman–Crippen MR) is 84.5 cm³/mol. The predicted octanol–water partition coefficient (Wildman–Crippen LogP) is 2.18. The quantitative estimate of drug-likeness (QED) is 0.927. The van der Waals surface area contributed by atoms with Gasteiger partial charge in [-0.1, -0.05) is 0 Å². The highest BCUT2D eigenvalue weighted by atomic mass is 32.2. The van der Waals surface area contributed by atoms with Gasteiger partial charge in [0.25, 0.3) is 15.9 Å². The van der Waals surface area contributed by atoms with Crippen LogP contribution in [0.3, 0.4) is 0 Å². The molecular weight excluding hydrogens is 322 g/mol. The van der Waals surface area contributed by atoms with Gasteiger partial charge in [0, 0.05) is 24.7 Å². The number of carbonyl (C=O) groups is 1. The van der Waals surface area contributed by atoms with Gasteiger partial charge in [-0.2, -0.15) is 0 Å². The number of rotatable bonds is 4. The van der Waals surface area contributed by atoms with Crippen LogP contribution in [0.4, 0.5) is 5.69 Å². The molecule has 1 N–H and O–H groups in total. The second kappa shape index (κ2) is 6.05. The summed E-state index contributed by atoms with van der Waals surface area (Å²) in [5.41, 5.74) is 0.821. The third-order valence-corrected chi connectivity index (χ3v) is 6.22. The molecule has 3 rings (SSSR count). The van der Waals surface area contributed by atoms with Gasteiger partial charge in [0.15, 0.2) is 0 Å². The van der Waals surface area contributed by atoms with Crippen molar-refractivity contribution in [3.8, 4) is 0 Å². The largest absolute Gasteiger partial charge is 0.339 e. The number of hydrogen-bond donors (Lipinski definition) is 1. The normalized spacial score (nSPS) is 15.0. The van der Waals surface area contributed by atoms with E-state index in [1.54, 1.807) is 28.6 Å². The van der Waals surface area contributed by atoms with Gasteiger partial charge < -0.3 is 4.90 Å². The molecule has 2 aromatic rings. The molecule has 1 saturated heterocycles. The fourth-order valence-electron chi connectivity index (χ4n) is 2.30. The summed E-state index contributed by atoms with van der Waals surface area (Å²) in [5, 5.41) is 1.60. The third kappa shape index (κ3) is 3.12. The highest BCUT2D eigenvalue weighted by molar-refractivity contribution is 7.94. The van der Waals surface area contributed by atoms with E-state index in [4.69, 9.17) is 0 Å². The summed E-state index contributed by atoms with van der Waals surface area (Å²) in [7, 11) is -3.69. The van der Waals surface area contributed by atoms with Crippen molar-refractivity contribution in [3.05, 3.63) is 41.5 Å². The first kappa shape index (κ1) is 15.0. The van der Waals surface area contributed by atoms with Gasteiger partial charge in [-0.05, 0) is 31.0 Å². The molecule has 0 atom stereocenters. The van der Waals surface area contributed by atoms with E-state index in [-0.39, 0.29) is 10.1 Å². The molecule has 0 unspecified atom stereocenters. The molecule has 0 bridgehead atoms. The number of thiophene rings is 1. The van der Waals surface area contributed by atoms with Crippen LogP contribution in [0.25, 0.3) is 0 Å². The smallest absolute Gasteiger partial charge is 0.271 e. The second-order valence-corrected chi connectivity index (χ2v) is 7.82. The number of hydrogen-bond acceptors (Lipinski definition) is 5. The van der Waals surface area contributed by atoms with Crippen LogP contribution in [0.2, 0.25) is 0 Å². The van der Waals surface area contributed by atoms with Crippen LogP contribution >= 0.6 is 11.3 Å². The van der Waals surface area contributed by atoms with Crippen LogP contribution in [0.1, 0.15) is 23.2 Å². The molecule has 0 aromatic carbocycles. The van der Waals surface area contributed by atoms with Gasteiger partial charge in [-0.3, -0.25) is 14.5 Å². The first-order valence-electron chi connectivity index (χ1n) is 6.87. The summed E-state index contributed by atoms with van der Waals surface area (Å²) in [6.45, 7) is 1.48. The summed E-state index contributed by atoms with van der Waals surface area (Å²) in [6, 6.07) is 4.70. The average molecular weight is 337 g/mol. The zero-order chi connectivity index (χ0) is 15.6. The molecular formula is C14H15N3O3S2. The molecule has 8 heteroatoms. The standard InChI is InChI=1S/C14H15N3O3S2/c18-14(17-6-1-2-7-17)11-8-13(21-10-11)22(19,20)16-12-4-3-5-15-9-12/h3-5,8-10,16H,1-2,6-7H2. The Morgan fingerprint density at radius 3 is 2.77 bits per heavy atom. The Bertz CT molecular complexity index is 766. The van der Waals surface area contributed by atoms with E-state index in [1.165, 1.54) is 12.3 Å². The number of pyridine rings is 1. The number of carbonyl (C=O) groups excluding carboxylic acids is 1. The summed E-state index contributed by atoms with van der Waals surface area (Å²) in [4.78, 5) is 17.9. The molecule has 22 heavy (non-hydrogen) atoms. The zero-order valence-electron chi connectivity index (χ0n) is 11.7. The molecule has 1 amide bonds. The minimum Gasteiger partial charge on any atom is -0.339 e. The first-order valence-corrected chi connectivity index (χ1v) is 9.23. The van der Waals surface area contributed by atoms with Gasteiger partial charge in [0.2, 0.25) is 0 Å². The summed E-state index contributed by atoms with van der Waals surface area (Å²) < 4.78 is 27.2. The Hall–Kier alpha value is -1.93. The van der Waals surface area contributed by atoms with Crippen LogP contribution in [0.5, 0.6) is 0 Å². The monoisotopic (exact) mass is 337 g/mol. The lowest BCUT2D eigenvalue weighted by Crippen LogP contribution is -2.27. The molecule has 0 radical (unpaired) electrons. The number of nitrogens with one attached hydrogen (secondary N) is 1. The summed E-state index contributed by atoms with van der Waals surface area (Å²) in [5.74, 6) is -0.100. The Morgan fingerprint density at radius 1 is 1.32 bits per heavy atom. The lowest BCUT2D eigenvalue weighted by Gasteiger charge is -2.13. The summed E-state index contributed by atoms with van der Waals surface area (Å²) >= 11 is 1.04. The van der Waals surface area contributed by atoms with E-state index in [9.17, 15) is 13.2 Å². The van der Waals surface area contributed by atoms with Crippen molar-refractivity contribution in [1.29, 1.82) is 0 Å². The van der Waals surface area contributed by atoms with E-state index in [1.807, 2.05) is 0 Å². The van der Waals surface area contributed by atoms with E-state index >= 15 is 0 Å². The Morgan fingerprint density at radius 2 is 2.09 bits per heavy atom. The highest BCUT2D eigenvalue weighted by Gasteiger charge is 2.23. The number of sulfonamides is 1. The molecule has 1 aliphatic rings. The summed E-state index contributed by atoms with van der Waals surface area (Å²) in [6.07, 6.45) is 5.00. The number of amides is 1. The van der Waals surface area contributed by atoms with Crippen molar-refractivity contribution in [2.45, 2.75) is 17.1 Å². The molecule has 1 aliphatic heterocycles. The maximum atomic E-state index is 12.3. The number of aromatic nitrogens is 1. The van der Waals surface area contributed by atoms with Crippen LogP contribution in [-0.2, 0) is 10.0 Å². The Labute approximate surface area is 132 Å². The maximum Gasteiger partial charge on any atom is 0.271 e. The van der Waals surface area contributed by atoms with Crippen molar-refractivity contribution < 1.29 is 13.2 Å². The molecule has 0 aliphatic carbocycles. The lowest BCUT2D eigenvalue weighted by atomic mass is 10.3. The molecule has 3 heterocycles. The van der Waals surface area contributed by atoms with Crippen LogP contribution in [0, 0.1) is 0 Å². The minimum absolute atomic E-state index is 0.100. The van der Waals surface area contributed by atoms with Crippen LogP contribution in [-0.4, -0.2) is 37.3 Å². The topological polar surface area (TPSA) is 79.4 Å². The number of anilines is 1. The number of nitrogens with zero attached hydrogens (tertiary/aromatic N) is 2. The van der Waals surface area contributed by atoms with Gasteiger partial charge in [-0.15, -0.1) is 11.3 Å². The van der Waals surface area contributed by atoms with E-state index in [0.29, 0.717) is 11.3 Å². The van der Waals surface area contributed by atoms with Crippen molar-refractivity contribution in [3.63, 3.8) is 0 Å². The molecule has 6 nitrogen and oxygen atoms in total. The fourth-order valence-corrected chi connectivity index (χ4v) is 4.50. The van der Waals surface area contributed by atoms with E-state index in [0.717, 1.165) is 37.3 Å². The van der Waals surface area contributed by atoms with Crippen molar-refractivity contribution >= 4 is 33.0 Å². The molecule has 0 spiro atoms. The van der Waals surface area contributed by atoms with E-state index in [2.05, 4.69) is 9.71 Å². The van der Waals surface area contributed by atoms with Crippen LogP contribution < -0.4 is 4.72 Å². The molecule has 1 fully saturated rings. The van der Waals surface area contributed by atoms with Crippen molar-refractivity contribution in [1.82, 2.24) is 9.88 Å². The highest BCUT2D eigenvalue weighted by Crippen LogP contribution is 2.24. The second-order valence-electron chi connectivity index (χ2n) is 5.00. The zero-order valence-corrected chi connectivity index (χ0v) is 13.4. The molecule has 116 valence electrons. The van der Waals surface area contributed by atoms with Gasteiger partial charge in [0.1, 0.15) is 4.21 Å². The van der Waals surface area contributed by atoms with Crippen molar-refractivity contribution in [2.75, 3.05) is 17.8 Å². The SMILES string of the molecule is O=C(c1csc(S(=O)(=O)Nc2cccnc2)c1)N1CCCC1. The Balaban J connectivity index is 1.79. The van der Waals surface area contributed by atoms with E-state index < -0.39 is 10.0 Å². The van der Waals surface area contributed by atoms with Gasteiger partial charge in [0.05, 0.1) is 17.4 Å².